The van der Waals surface area contributed by atoms with Crippen LogP contribution in [0.3, 0.4) is 0 Å². The van der Waals surface area contributed by atoms with Crippen LogP contribution in [0, 0.1) is 11.3 Å². The van der Waals surface area contributed by atoms with Crippen LogP contribution in [-0.4, -0.2) is 38.9 Å². The largest absolute Gasteiger partial charge is 0.447 e. The standard InChI is InChI=1S/C19H15N5O3/c20-12-13-3-5-14(6-4-13)24-9-1-2-15(18(24)25)27-19(26)16-17-22-8-11-23(17)10-7-21-16/h3-8,10-11,15H,1-2,9H2. The van der Waals surface area contributed by atoms with E-state index < -0.39 is 12.1 Å². The summed E-state index contributed by atoms with van der Waals surface area (Å²) in [5.41, 5.74) is 1.65. The summed E-state index contributed by atoms with van der Waals surface area (Å²) in [5, 5.41) is 8.90. The molecule has 0 radical (unpaired) electrons. The van der Waals surface area contributed by atoms with Crippen molar-refractivity contribution in [1.29, 1.82) is 5.26 Å². The molecule has 2 aromatic heterocycles. The Morgan fingerprint density at radius 2 is 1.93 bits per heavy atom. The number of carbonyl (C=O) groups is 2. The number of imidazole rings is 1. The molecule has 134 valence electrons. The highest BCUT2D eigenvalue weighted by Gasteiger charge is 2.33. The van der Waals surface area contributed by atoms with Crippen molar-refractivity contribution >= 4 is 23.2 Å². The van der Waals surface area contributed by atoms with Gasteiger partial charge in [-0.15, -0.1) is 0 Å². The molecule has 4 rings (SSSR count). The third kappa shape index (κ3) is 3.11. The van der Waals surface area contributed by atoms with Gasteiger partial charge < -0.3 is 14.0 Å². The number of benzene rings is 1. The molecule has 1 aliphatic heterocycles. The molecule has 1 amide bonds. The summed E-state index contributed by atoms with van der Waals surface area (Å²) < 4.78 is 7.13. The summed E-state index contributed by atoms with van der Waals surface area (Å²) in [6, 6.07) is 8.79. The van der Waals surface area contributed by atoms with Crippen LogP contribution < -0.4 is 4.90 Å². The quantitative estimate of drug-likeness (QED) is 0.661. The van der Waals surface area contributed by atoms with Gasteiger partial charge in [-0.05, 0) is 37.1 Å². The minimum absolute atomic E-state index is 0.0748. The lowest BCUT2D eigenvalue weighted by Gasteiger charge is -2.31. The second kappa shape index (κ2) is 6.88. The molecule has 1 aliphatic rings. The van der Waals surface area contributed by atoms with Gasteiger partial charge in [0.15, 0.2) is 17.4 Å². The maximum absolute atomic E-state index is 12.8. The van der Waals surface area contributed by atoms with Crippen molar-refractivity contribution in [2.45, 2.75) is 18.9 Å². The molecule has 1 saturated heterocycles. The summed E-state index contributed by atoms with van der Waals surface area (Å²) in [6.07, 6.45) is 6.70. The molecule has 27 heavy (non-hydrogen) atoms. The van der Waals surface area contributed by atoms with E-state index in [1.54, 1.807) is 52.2 Å². The number of amides is 1. The Hall–Kier alpha value is -3.73. The highest BCUT2D eigenvalue weighted by Crippen LogP contribution is 2.24. The molecular formula is C19H15N5O3. The number of ether oxygens (including phenoxy) is 1. The number of esters is 1. The van der Waals surface area contributed by atoms with Crippen LogP contribution in [0.25, 0.3) is 5.65 Å². The minimum Gasteiger partial charge on any atom is -0.447 e. The Balaban J connectivity index is 1.53. The molecule has 1 aromatic carbocycles. The van der Waals surface area contributed by atoms with Crippen LogP contribution in [-0.2, 0) is 9.53 Å². The van der Waals surface area contributed by atoms with Gasteiger partial charge in [0.25, 0.3) is 5.91 Å². The van der Waals surface area contributed by atoms with Crippen LogP contribution >= 0.6 is 0 Å². The molecular weight excluding hydrogens is 346 g/mol. The topological polar surface area (TPSA) is 101 Å². The van der Waals surface area contributed by atoms with Crippen LogP contribution in [0.2, 0.25) is 0 Å². The van der Waals surface area contributed by atoms with Crippen molar-refractivity contribution < 1.29 is 14.3 Å². The van der Waals surface area contributed by atoms with E-state index in [1.807, 2.05) is 6.07 Å². The van der Waals surface area contributed by atoms with Crippen LogP contribution in [0.4, 0.5) is 5.69 Å². The highest BCUT2D eigenvalue weighted by atomic mass is 16.5. The second-order valence-electron chi connectivity index (χ2n) is 6.12. The number of carbonyl (C=O) groups excluding carboxylic acids is 2. The highest BCUT2D eigenvalue weighted by molar-refractivity contribution is 6.00. The van der Waals surface area contributed by atoms with Crippen molar-refractivity contribution in [2.75, 3.05) is 11.4 Å². The van der Waals surface area contributed by atoms with Crippen molar-refractivity contribution in [2.24, 2.45) is 0 Å². The second-order valence-corrected chi connectivity index (χ2v) is 6.12. The van der Waals surface area contributed by atoms with Crippen LogP contribution in [0.5, 0.6) is 0 Å². The van der Waals surface area contributed by atoms with Gasteiger partial charge in [0, 0.05) is 37.0 Å². The lowest BCUT2D eigenvalue weighted by atomic mass is 10.1. The Kier molecular flexibility index (Phi) is 4.26. The lowest BCUT2D eigenvalue weighted by molar-refractivity contribution is -0.129. The van der Waals surface area contributed by atoms with Crippen molar-refractivity contribution in [3.8, 4) is 6.07 Å². The monoisotopic (exact) mass is 361 g/mol. The normalized spacial score (nSPS) is 16.9. The first-order valence-electron chi connectivity index (χ1n) is 8.47. The summed E-state index contributed by atoms with van der Waals surface area (Å²) >= 11 is 0. The Bertz CT molecular complexity index is 1050. The van der Waals surface area contributed by atoms with Gasteiger partial charge in [-0.3, -0.25) is 4.79 Å². The molecule has 1 atom stereocenters. The first-order chi connectivity index (χ1) is 13.2. The Labute approximate surface area is 154 Å². The number of aromatic nitrogens is 3. The fraction of sp³-hybridized carbons (Fsp3) is 0.211. The van der Waals surface area contributed by atoms with E-state index >= 15 is 0 Å². The molecule has 3 aromatic rings. The van der Waals surface area contributed by atoms with Crippen molar-refractivity contribution in [1.82, 2.24) is 14.4 Å². The van der Waals surface area contributed by atoms with Gasteiger partial charge in [0.1, 0.15) is 0 Å². The molecule has 0 bridgehead atoms. The smallest absolute Gasteiger partial charge is 0.361 e. The van der Waals surface area contributed by atoms with E-state index in [0.29, 0.717) is 36.3 Å². The number of fused-ring (bicyclic) bond motifs is 1. The summed E-state index contributed by atoms with van der Waals surface area (Å²) in [4.78, 5) is 35.1. The molecule has 0 N–H and O–H groups in total. The zero-order valence-electron chi connectivity index (χ0n) is 14.3. The van der Waals surface area contributed by atoms with E-state index in [9.17, 15) is 9.59 Å². The number of anilines is 1. The van der Waals surface area contributed by atoms with E-state index in [4.69, 9.17) is 10.00 Å². The van der Waals surface area contributed by atoms with Crippen molar-refractivity contribution in [3.63, 3.8) is 0 Å². The summed E-state index contributed by atoms with van der Waals surface area (Å²) in [7, 11) is 0. The van der Waals surface area contributed by atoms with Gasteiger partial charge in [-0.2, -0.15) is 5.26 Å². The van der Waals surface area contributed by atoms with Crippen LogP contribution in [0.1, 0.15) is 28.9 Å². The van der Waals surface area contributed by atoms with Gasteiger partial charge in [-0.1, -0.05) is 0 Å². The Morgan fingerprint density at radius 3 is 2.67 bits per heavy atom. The molecule has 8 heteroatoms. The van der Waals surface area contributed by atoms with Gasteiger partial charge in [-0.25, -0.2) is 14.8 Å². The number of nitrogens with zero attached hydrogens (tertiary/aromatic N) is 5. The van der Waals surface area contributed by atoms with Gasteiger partial charge in [0.05, 0.1) is 11.6 Å². The Morgan fingerprint density at radius 1 is 1.19 bits per heavy atom. The lowest BCUT2D eigenvalue weighted by Crippen LogP contribution is -2.46. The summed E-state index contributed by atoms with van der Waals surface area (Å²) in [5.74, 6) is -0.957. The van der Waals surface area contributed by atoms with E-state index in [2.05, 4.69) is 9.97 Å². The SMILES string of the molecule is N#Cc1ccc(N2CCCC(OC(=O)c3nccn4ccnc34)C2=O)cc1. The number of rotatable bonds is 3. The first-order valence-corrected chi connectivity index (χ1v) is 8.47. The predicted molar refractivity (Wildman–Crippen MR) is 94.9 cm³/mol. The van der Waals surface area contributed by atoms with Gasteiger partial charge >= 0.3 is 5.97 Å². The zero-order chi connectivity index (χ0) is 18.8. The van der Waals surface area contributed by atoms with Crippen molar-refractivity contribution in [3.05, 3.63) is 60.3 Å². The molecule has 0 saturated carbocycles. The zero-order valence-corrected chi connectivity index (χ0v) is 14.3. The molecule has 1 unspecified atom stereocenters. The molecule has 3 heterocycles. The molecule has 1 fully saturated rings. The average Bonchev–Trinajstić information content (AvgIpc) is 3.18. The third-order valence-electron chi connectivity index (χ3n) is 4.45. The summed E-state index contributed by atoms with van der Waals surface area (Å²) in [6.45, 7) is 0.535. The fourth-order valence-corrected chi connectivity index (χ4v) is 3.11. The fourth-order valence-electron chi connectivity index (χ4n) is 3.11. The molecule has 8 nitrogen and oxygen atoms in total. The maximum Gasteiger partial charge on any atom is 0.361 e. The predicted octanol–water partition coefficient (Wildman–Crippen LogP) is 1.95. The number of hydrogen-bond acceptors (Lipinski definition) is 6. The number of nitriles is 1. The minimum atomic E-state index is -0.876. The van der Waals surface area contributed by atoms with Crippen LogP contribution in [0.15, 0.2) is 49.1 Å². The molecule has 0 spiro atoms. The molecule has 0 aliphatic carbocycles. The third-order valence-corrected chi connectivity index (χ3v) is 4.45. The number of hydrogen-bond donors (Lipinski definition) is 0. The van der Waals surface area contributed by atoms with Gasteiger partial charge in [0.2, 0.25) is 0 Å². The maximum atomic E-state index is 12.8. The van der Waals surface area contributed by atoms with E-state index in [-0.39, 0.29) is 11.6 Å². The van der Waals surface area contributed by atoms with E-state index in [1.165, 1.54) is 6.20 Å². The number of piperidine rings is 1. The average molecular weight is 361 g/mol. The van der Waals surface area contributed by atoms with E-state index in [0.717, 1.165) is 0 Å². The first kappa shape index (κ1) is 16.7.